The quantitative estimate of drug-likeness (QED) is 0.942. The number of amides is 1. The van der Waals surface area contributed by atoms with Crippen LogP contribution >= 0.6 is 11.3 Å². The molecule has 5 nitrogen and oxygen atoms in total. The normalized spacial score (nSPS) is 24.9. The molecule has 1 N–H and O–H groups in total. The van der Waals surface area contributed by atoms with E-state index in [2.05, 4.69) is 27.2 Å². The number of thiazole rings is 1. The maximum absolute atomic E-state index is 12.4. The van der Waals surface area contributed by atoms with Crippen molar-refractivity contribution in [3.05, 3.63) is 40.1 Å². The Hall–Kier alpha value is -1.66. The van der Waals surface area contributed by atoms with E-state index < -0.39 is 0 Å². The van der Waals surface area contributed by atoms with Crippen LogP contribution in [0.5, 0.6) is 0 Å². The summed E-state index contributed by atoms with van der Waals surface area (Å²) in [7, 11) is 0. The first-order valence-electron chi connectivity index (χ1n) is 7.74. The van der Waals surface area contributed by atoms with Gasteiger partial charge in [0.25, 0.3) is 5.91 Å². The van der Waals surface area contributed by atoms with E-state index in [0.717, 1.165) is 43.3 Å². The third kappa shape index (κ3) is 2.57. The molecule has 4 rings (SSSR count). The average Bonchev–Trinajstić information content (AvgIpc) is 3.21. The highest BCUT2D eigenvalue weighted by Gasteiger charge is 2.41. The SMILES string of the molecule is Cc1nc(CN2C[C@@H]3CN(C(=O)c4cc[nH]c4)C[C@@H]3C2)cs1. The summed E-state index contributed by atoms with van der Waals surface area (Å²) in [5.41, 5.74) is 1.96. The number of carbonyl (C=O) groups excluding carboxylic acids is 1. The van der Waals surface area contributed by atoms with Crippen LogP contribution in [-0.4, -0.2) is 51.9 Å². The average molecular weight is 316 g/mol. The van der Waals surface area contributed by atoms with Gasteiger partial charge in [-0.1, -0.05) is 0 Å². The molecule has 1 amide bonds. The lowest BCUT2D eigenvalue weighted by molar-refractivity contribution is 0.0773. The fourth-order valence-electron chi connectivity index (χ4n) is 3.73. The summed E-state index contributed by atoms with van der Waals surface area (Å²) in [4.78, 5) is 24.4. The molecule has 0 aliphatic carbocycles. The van der Waals surface area contributed by atoms with Crippen molar-refractivity contribution in [2.75, 3.05) is 26.2 Å². The standard InChI is InChI=1S/C16H20N4OS/c1-11-18-15(10-22-11)9-19-5-13-7-20(8-14(13)6-19)16(21)12-2-3-17-4-12/h2-4,10,13-14,17H,5-9H2,1H3/t13-,14+. The van der Waals surface area contributed by atoms with E-state index in [4.69, 9.17) is 0 Å². The molecule has 2 aliphatic rings. The zero-order valence-electron chi connectivity index (χ0n) is 12.7. The van der Waals surface area contributed by atoms with Crippen molar-refractivity contribution < 1.29 is 4.79 Å². The van der Waals surface area contributed by atoms with Gasteiger partial charge in [-0.05, 0) is 24.8 Å². The van der Waals surface area contributed by atoms with Gasteiger partial charge in [0, 0.05) is 50.5 Å². The minimum Gasteiger partial charge on any atom is -0.367 e. The number of carbonyl (C=O) groups is 1. The van der Waals surface area contributed by atoms with Crippen LogP contribution < -0.4 is 0 Å². The number of aromatic amines is 1. The Bertz CT molecular complexity index is 652. The van der Waals surface area contributed by atoms with E-state index in [-0.39, 0.29) is 5.91 Å². The van der Waals surface area contributed by atoms with E-state index in [0.29, 0.717) is 11.8 Å². The van der Waals surface area contributed by atoms with Crippen LogP contribution in [0.4, 0.5) is 0 Å². The van der Waals surface area contributed by atoms with E-state index in [1.165, 1.54) is 5.69 Å². The number of aryl methyl sites for hydroxylation is 1. The summed E-state index contributed by atoms with van der Waals surface area (Å²) in [5.74, 6) is 1.39. The molecule has 0 bridgehead atoms. The Labute approximate surface area is 134 Å². The number of hydrogen-bond acceptors (Lipinski definition) is 4. The van der Waals surface area contributed by atoms with Gasteiger partial charge in [0.2, 0.25) is 0 Å². The lowest BCUT2D eigenvalue weighted by Crippen LogP contribution is -2.33. The molecule has 0 unspecified atom stereocenters. The van der Waals surface area contributed by atoms with Gasteiger partial charge in [0.05, 0.1) is 16.3 Å². The number of nitrogens with one attached hydrogen (secondary N) is 1. The summed E-state index contributed by atoms with van der Waals surface area (Å²) in [6.07, 6.45) is 3.59. The first kappa shape index (κ1) is 14.0. The Kier molecular flexibility index (Phi) is 3.50. The number of fused-ring (bicyclic) bond motifs is 1. The molecule has 2 saturated heterocycles. The fraction of sp³-hybridized carbons (Fsp3) is 0.500. The molecule has 2 aromatic rings. The van der Waals surface area contributed by atoms with Gasteiger partial charge < -0.3 is 9.88 Å². The van der Waals surface area contributed by atoms with Gasteiger partial charge in [-0.2, -0.15) is 0 Å². The minimum atomic E-state index is 0.164. The van der Waals surface area contributed by atoms with Gasteiger partial charge in [-0.25, -0.2) is 4.98 Å². The van der Waals surface area contributed by atoms with Gasteiger partial charge >= 0.3 is 0 Å². The molecule has 0 radical (unpaired) electrons. The molecular weight excluding hydrogens is 296 g/mol. The second kappa shape index (κ2) is 5.52. The van der Waals surface area contributed by atoms with Crippen molar-refractivity contribution in [1.29, 1.82) is 0 Å². The van der Waals surface area contributed by atoms with Crippen LogP contribution in [0.2, 0.25) is 0 Å². The van der Waals surface area contributed by atoms with Gasteiger partial charge in [-0.3, -0.25) is 9.69 Å². The van der Waals surface area contributed by atoms with Crippen molar-refractivity contribution in [3.63, 3.8) is 0 Å². The molecular formula is C16H20N4OS. The maximum atomic E-state index is 12.4. The molecule has 0 saturated carbocycles. The first-order valence-corrected chi connectivity index (χ1v) is 8.62. The van der Waals surface area contributed by atoms with Crippen LogP contribution in [0.25, 0.3) is 0 Å². The highest BCUT2D eigenvalue weighted by molar-refractivity contribution is 7.09. The molecule has 6 heteroatoms. The number of nitrogens with zero attached hydrogens (tertiary/aromatic N) is 3. The first-order chi connectivity index (χ1) is 10.7. The molecule has 2 fully saturated rings. The largest absolute Gasteiger partial charge is 0.367 e. The van der Waals surface area contributed by atoms with Crippen LogP contribution in [0.3, 0.4) is 0 Å². The Morgan fingerprint density at radius 1 is 1.36 bits per heavy atom. The molecule has 4 heterocycles. The second-order valence-electron chi connectivity index (χ2n) is 6.38. The van der Waals surface area contributed by atoms with Crippen molar-refractivity contribution in [1.82, 2.24) is 19.8 Å². The van der Waals surface area contributed by atoms with Gasteiger partial charge in [0.1, 0.15) is 0 Å². The smallest absolute Gasteiger partial charge is 0.255 e. The van der Waals surface area contributed by atoms with Crippen molar-refractivity contribution in [2.24, 2.45) is 11.8 Å². The second-order valence-corrected chi connectivity index (χ2v) is 7.44. The summed E-state index contributed by atoms with van der Waals surface area (Å²) < 4.78 is 0. The number of likely N-dealkylation sites (tertiary alicyclic amines) is 2. The molecule has 2 atom stereocenters. The van der Waals surface area contributed by atoms with Crippen LogP contribution in [0, 0.1) is 18.8 Å². The van der Waals surface area contributed by atoms with Crippen molar-refractivity contribution >= 4 is 17.2 Å². The topological polar surface area (TPSA) is 52.2 Å². The number of hydrogen-bond donors (Lipinski definition) is 1. The predicted molar refractivity (Wildman–Crippen MR) is 85.8 cm³/mol. The lowest BCUT2D eigenvalue weighted by atomic mass is 10.0. The van der Waals surface area contributed by atoms with Crippen molar-refractivity contribution in [3.8, 4) is 0 Å². The molecule has 116 valence electrons. The summed E-state index contributed by atoms with van der Waals surface area (Å²) in [6, 6.07) is 1.85. The highest BCUT2D eigenvalue weighted by atomic mass is 32.1. The number of H-pyrrole nitrogens is 1. The zero-order valence-corrected chi connectivity index (χ0v) is 13.5. The minimum absolute atomic E-state index is 0.164. The Balaban J connectivity index is 1.35. The monoisotopic (exact) mass is 316 g/mol. The van der Waals surface area contributed by atoms with E-state index in [1.807, 2.05) is 17.2 Å². The van der Waals surface area contributed by atoms with Crippen molar-refractivity contribution in [2.45, 2.75) is 13.5 Å². The van der Waals surface area contributed by atoms with Crippen LogP contribution in [0.1, 0.15) is 21.1 Å². The predicted octanol–water partition coefficient (Wildman–Crippen LogP) is 1.98. The third-order valence-electron chi connectivity index (χ3n) is 4.75. The Morgan fingerprint density at radius 3 is 2.73 bits per heavy atom. The van der Waals surface area contributed by atoms with E-state index in [1.54, 1.807) is 17.5 Å². The molecule has 2 aromatic heterocycles. The molecule has 0 spiro atoms. The maximum Gasteiger partial charge on any atom is 0.255 e. The van der Waals surface area contributed by atoms with Crippen LogP contribution in [0.15, 0.2) is 23.8 Å². The number of rotatable bonds is 3. The fourth-order valence-corrected chi connectivity index (χ4v) is 4.34. The van der Waals surface area contributed by atoms with Crippen LogP contribution in [-0.2, 0) is 6.54 Å². The highest BCUT2D eigenvalue weighted by Crippen LogP contribution is 2.32. The van der Waals surface area contributed by atoms with Gasteiger partial charge in [-0.15, -0.1) is 11.3 Å². The molecule has 2 aliphatic heterocycles. The third-order valence-corrected chi connectivity index (χ3v) is 5.57. The van der Waals surface area contributed by atoms with Gasteiger partial charge in [0.15, 0.2) is 0 Å². The van der Waals surface area contributed by atoms with E-state index in [9.17, 15) is 4.79 Å². The lowest BCUT2D eigenvalue weighted by Gasteiger charge is -2.20. The zero-order chi connectivity index (χ0) is 15.1. The van der Waals surface area contributed by atoms with E-state index >= 15 is 0 Å². The Morgan fingerprint density at radius 2 is 2.14 bits per heavy atom. The summed E-state index contributed by atoms with van der Waals surface area (Å²) >= 11 is 1.72. The summed E-state index contributed by atoms with van der Waals surface area (Å²) in [6.45, 7) is 6.94. The summed E-state index contributed by atoms with van der Waals surface area (Å²) in [5, 5.41) is 3.29. The molecule has 0 aromatic carbocycles. The molecule has 22 heavy (non-hydrogen) atoms. The number of aromatic nitrogens is 2.